The number of nitrogens with zero attached hydrogens (tertiary/aromatic N) is 4. The van der Waals surface area contributed by atoms with Gasteiger partial charge >= 0.3 is 0 Å². The molecule has 0 radical (unpaired) electrons. The average Bonchev–Trinajstić information content (AvgIpc) is 3.15. The quantitative estimate of drug-likeness (QED) is 0.401. The molecule has 0 saturated heterocycles. The summed E-state index contributed by atoms with van der Waals surface area (Å²) in [6.07, 6.45) is 3.29. The van der Waals surface area contributed by atoms with E-state index in [-0.39, 0.29) is 5.56 Å². The molecule has 2 aromatic carbocycles. The Kier molecular flexibility index (Phi) is 4.83. The van der Waals surface area contributed by atoms with Crippen molar-refractivity contribution in [2.75, 3.05) is 14.2 Å². The lowest BCUT2D eigenvalue weighted by Gasteiger charge is -2.13. The van der Waals surface area contributed by atoms with Crippen LogP contribution in [0.4, 0.5) is 0 Å². The smallest absolute Gasteiger partial charge is 0.266 e. The molecule has 160 valence electrons. The standard InChI is InChI=1S/C24H19ClN4O3/c1-14-22(15-5-4-6-16(25)11-15)23-26-13-18-19(29(23)27-14)9-10-28(24(18)30)20-12-17(31-2)7-8-21(20)32-3/h4-13H,1-3H3. The number of aryl methyl sites for hydroxylation is 1. The summed E-state index contributed by atoms with van der Waals surface area (Å²) >= 11 is 6.19. The van der Waals surface area contributed by atoms with Gasteiger partial charge in [-0.3, -0.25) is 9.36 Å². The highest BCUT2D eigenvalue weighted by Crippen LogP contribution is 2.31. The molecule has 5 rings (SSSR count). The van der Waals surface area contributed by atoms with E-state index in [1.165, 1.54) is 4.57 Å². The van der Waals surface area contributed by atoms with Crippen LogP contribution >= 0.6 is 11.6 Å². The molecule has 0 aliphatic heterocycles. The zero-order valence-electron chi connectivity index (χ0n) is 17.7. The first kappa shape index (κ1) is 20.1. The molecule has 0 fully saturated rings. The number of ether oxygens (including phenoxy) is 2. The second kappa shape index (κ2) is 7.69. The van der Waals surface area contributed by atoms with Crippen LogP contribution in [0.5, 0.6) is 11.5 Å². The third-order valence-corrected chi connectivity index (χ3v) is 5.68. The lowest BCUT2D eigenvalue weighted by Crippen LogP contribution is -2.19. The van der Waals surface area contributed by atoms with E-state index in [0.29, 0.717) is 38.8 Å². The summed E-state index contributed by atoms with van der Waals surface area (Å²) in [6, 6.07) is 14.7. The van der Waals surface area contributed by atoms with E-state index >= 15 is 0 Å². The number of methoxy groups -OCH3 is 2. The fraction of sp³-hybridized carbons (Fsp3) is 0.125. The fourth-order valence-electron chi connectivity index (χ4n) is 3.93. The van der Waals surface area contributed by atoms with Crippen LogP contribution < -0.4 is 15.0 Å². The SMILES string of the molecule is COc1ccc(OC)c(-n2ccc3c(cnc4c(-c5cccc(Cl)c5)c(C)nn43)c2=O)c1. The summed E-state index contributed by atoms with van der Waals surface area (Å²) < 4.78 is 14.0. The van der Waals surface area contributed by atoms with Crippen LogP contribution in [0.2, 0.25) is 5.02 Å². The molecule has 0 bridgehead atoms. The fourth-order valence-corrected chi connectivity index (χ4v) is 4.12. The first-order valence-corrected chi connectivity index (χ1v) is 10.3. The molecule has 0 amide bonds. The Labute approximate surface area is 188 Å². The van der Waals surface area contributed by atoms with Crippen LogP contribution in [-0.4, -0.2) is 33.4 Å². The number of aromatic nitrogens is 4. The number of hydrogen-bond acceptors (Lipinski definition) is 5. The summed E-state index contributed by atoms with van der Waals surface area (Å²) in [5, 5.41) is 5.74. The van der Waals surface area contributed by atoms with E-state index in [2.05, 4.69) is 10.1 Å². The second-order valence-electron chi connectivity index (χ2n) is 7.29. The summed E-state index contributed by atoms with van der Waals surface area (Å²) in [4.78, 5) is 18.0. The van der Waals surface area contributed by atoms with Gasteiger partial charge in [-0.25, -0.2) is 9.50 Å². The molecule has 32 heavy (non-hydrogen) atoms. The molecule has 8 heteroatoms. The van der Waals surface area contributed by atoms with Crippen molar-refractivity contribution >= 4 is 28.2 Å². The van der Waals surface area contributed by atoms with Crippen LogP contribution in [0.3, 0.4) is 0 Å². The van der Waals surface area contributed by atoms with Gasteiger partial charge in [0.2, 0.25) is 0 Å². The molecule has 3 heterocycles. The maximum absolute atomic E-state index is 13.4. The zero-order chi connectivity index (χ0) is 22.4. The molecule has 0 atom stereocenters. The van der Waals surface area contributed by atoms with Gasteiger partial charge in [-0.05, 0) is 42.8 Å². The van der Waals surface area contributed by atoms with E-state index in [1.54, 1.807) is 49.3 Å². The lowest BCUT2D eigenvalue weighted by molar-refractivity contribution is 0.401. The molecule has 7 nitrogen and oxygen atoms in total. The van der Waals surface area contributed by atoms with Gasteiger partial charge in [0.15, 0.2) is 5.65 Å². The van der Waals surface area contributed by atoms with Crippen LogP contribution in [0, 0.1) is 6.92 Å². The molecule has 0 aliphatic rings. The van der Waals surface area contributed by atoms with E-state index in [1.807, 2.05) is 37.3 Å². The van der Waals surface area contributed by atoms with Gasteiger partial charge in [-0.1, -0.05) is 23.7 Å². The molecular weight excluding hydrogens is 428 g/mol. The van der Waals surface area contributed by atoms with Crippen LogP contribution in [0.25, 0.3) is 33.4 Å². The third-order valence-electron chi connectivity index (χ3n) is 5.45. The molecule has 3 aromatic heterocycles. The Balaban J connectivity index is 1.76. The van der Waals surface area contributed by atoms with E-state index in [0.717, 1.165) is 16.8 Å². The van der Waals surface area contributed by atoms with Gasteiger partial charge in [0, 0.05) is 29.0 Å². The molecule has 0 spiro atoms. The van der Waals surface area contributed by atoms with Gasteiger partial charge in [0.25, 0.3) is 5.56 Å². The number of hydrogen-bond donors (Lipinski definition) is 0. The maximum atomic E-state index is 13.4. The van der Waals surface area contributed by atoms with E-state index in [4.69, 9.17) is 21.1 Å². The Morgan fingerprint density at radius 3 is 2.62 bits per heavy atom. The van der Waals surface area contributed by atoms with Crippen molar-refractivity contribution in [3.63, 3.8) is 0 Å². The first-order valence-electron chi connectivity index (χ1n) is 9.90. The predicted octanol–water partition coefficient (Wildman–Crippen LogP) is 4.68. The van der Waals surface area contributed by atoms with Gasteiger partial charge in [-0.15, -0.1) is 0 Å². The highest BCUT2D eigenvalue weighted by Gasteiger charge is 2.18. The number of halogens is 1. The number of benzene rings is 2. The third kappa shape index (κ3) is 3.09. The molecule has 0 N–H and O–H groups in total. The van der Waals surface area contributed by atoms with Crippen LogP contribution in [0.1, 0.15) is 5.69 Å². The van der Waals surface area contributed by atoms with E-state index < -0.39 is 0 Å². The highest BCUT2D eigenvalue weighted by molar-refractivity contribution is 6.30. The van der Waals surface area contributed by atoms with Crippen LogP contribution in [0.15, 0.2) is 65.7 Å². The van der Waals surface area contributed by atoms with Crippen molar-refractivity contribution in [2.45, 2.75) is 6.92 Å². The van der Waals surface area contributed by atoms with Crippen molar-refractivity contribution in [1.29, 1.82) is 0 Å². The Morgan fingerprint density at radius 1 is 1.03 bits per heavy atom. The monoisotopic (exact) mass is 446 g/mol. The van der Waals surface area contributed by atoms with Gasteiger partial charge in [0.1, 0.15) is 11.5 Å². The Bertz CT molecular complexity index is 1560. The maximum Gasteiger partial charge on any atom is 0.266 e. The number of pyridine rings is 1. The molecular formula is C24H19ClN4O3. The topological polar surface area (TPSA) is 70.7 Å². The molecule has 0 aliphatic carbocycles. The van der Waals surface area contributed by atoms with Gasteiger partial charge in [-0.2, -0.15) is 5.10 Å². The highest BCUT2D eigenvalue weighted by atomic mass is 35.5. The molecule has 0 unspecified atom stereocenters. The summed E-state index contributed by atoms with van der Waals surface area (Å²) in [7, 11) is 3.14. The second-order valence-corrected chi connectivity index (χ2v) is 7.73. The minimum Gasteiger partial charge on any atom is -0.497 e. The molecule has 5 aromatic rings. The molecule has 0 saturated carbocycles. The van der Waals surface area contributed by atoms with Gasteiger partial charge in [0.05, 0.1) is 36.5 Å². The van der Waals surface area contributed by atoms with Gasteiger partial charge < -0.3 is 9.47 Å². The summed E-state index contributed by atoms with van der Waals surface area (Å²) in [5.41, 5.74) is 4.27. The van der Waals surface area contributed by atoms with Crippen molar-refractivity contribution < 1.29 is 9.47 Å². The van der Waals surface area contributed by atoms with Crippen molar-refractivity contribution in [2.24, 2.45) is 0 Å². The zero-order valence-corrected chi connectivity index (χ0v) is 18.4. The minimum absolute atomic E-state index is 0.235. The Morgan fingerprint density at radius 2 is 1.88 bits per heavy atom. The minimum atomic E-state index is -0.235. The van der Waals surface area contributed by atoms with Crippen molar-refractivity contribution in [3.05, 3.63) is 82.0 Å². The van der Waals surface area contributed by atoms with Crippen molar-refractivity contribution in [3.8, 4) is 28.3 Å². The van der Waals surface area contributed by atoms with Crippen molar-refractivity contribution in [1.82, 2.24) is 19.2 Å². The average molecular weight is 447 g/mol. The predicted molar refractivity (Wildman–Crippen MR) is 124 cm³/mol. The summed E-state index contributed by atoms with van der Waals surface area (Å²) in [5.74, 6) is 1.18. The Hall–Kier alpha value is -3.84. The summed E-state index contributed by atoms with van der Waals surface area (Å²) in [6.45, 7) is 1.92. The normalized spacial score (nSPS) is 11.2. The first-order chi connectivity index (χ1) is 15.5. The largest absolute Gasteiger partial charge is 0.497 e. The lowest BCUT2D eigenvalue weighted by atomic mass is 10.1. The number of rotatable bonds is 4. The van der Waals surface area contributed by atoms with E-state index in [9.17, 15) is 4.79 Å². The van der Waals surface area contributed by atoms with Crippen LogP contribution in [-0.2, 0) is 0 Å². The number of fused-ring (bicyclic) bond motifs is 3.